The molecule has 2 aromatic rings. The number of methoxy groups -OCH3 is 2. The average molecular weight is 767 g/mol. The summed E-state index contributed by atoms with van der Waals surface area (Å²) in [7, 11) is 5.30. The number of nitrogens with one attached hydrogen (secondary N) is 1. The highest BCUT2D eigenvalue weighted by Gasteiger charge is 2.60. The van der Waals surface area contributed by atoms with Gasteiger partial charge in [0.15, 0.2) is 11.5 Å². The van der Waals surface area contributed by atoms with E-state index in [0.717, 1.165) is 43.4 Å². The summed E-state index contributed by atoms with van der Waals surface area (Å²) in [5, 5.41) is 24.7. The first-order valence-corrected chi connectivity index (χ1v) is 20.2. The van der Waals surface area contributed by atoms with Crippen LogP contribution in [-0.2, 0) is 21.5 Å². The monoisotopic (exact) mass is 767 g/mol. The maximum Gasteiger partial charge on any atom is 0.298 e. The molecule has 0 spiro atoms. The summed E-state index contributed by atoms with van der Waals surface area (Å²) in [6.45, 7) is 13.8. The molecule has 1 N–H and O–H groups in total. The molecule has 0 saturated carbocycles. The lowest BCUT2D eigenvalue weighted by molar-refractivity contribution is -0.802. The second-order valence-electron chi connectivity index (χ2n) is 16.5. The van der Waals surface area contributed by atoms with Gasteiger partial charge < -0.3 is 24.4 Å². The van der Waals surface area contributed by atoms with Gasteiger partial charge in [0.1, 0.15) is 5.75 Å². The van der Waals surface area contributed by atoms with E-state index >= 15 is 0 Å². The van der Waals surface area contributed by atoms with Gasteiger partial charge in [0.25, 0.3) is 10.9 Å². The van der Waals surface area contributed by atoms with E-state index in [4.69, 9.17) is 19.0 Å². The van der Waals surface area contributed by atoms with Crippen molar-refractivity contribution >= 4 is 5.91 Å². The molecular weight excluding hydrogens is 697 g/mol. The molecule has 0 saturated heterocycles. The first-order chi connectivity index (χ1) is 26.0. The minimum atomic E-state index is -1.86. The van der Waals surface area contributed by atoms with Crippen LogP contribution in [0.5, 0.6) is 17.2 Å². The van der Waals surface area contributed by atoms with Crippen molar-refractivity contribution in [3.05, 3.63) is 63.7 Å². The van der Waals surface area contributed by atoms with E-state index in [2.05, 4.69) is 30.3 Å². The normalized spacial score (nSPS) is 14.0. The highest BCUT2D eigenvalue weighted by atomic mass is 17.0. The van der Waals surface area contributed by atoms with Crippen LogP contribution in [0, 0.1) is 26.9 Å². The second-order valence-corrected chi connectivity index (χ2v) is 16.5. The Kier molecular flexibility index (Phi) is 19.3. The molecule has 11 nitrogen and oxygen atoms in total. The van der Waals surface area contributed by atoms with Gasteiger partial charge in [-0.3, -0.25) is 9.63 Å². The molecule has 2 rings (SSSR count). The van der Waals surface area contributed by atoms with Crippen molar-refractivity contribution in [3.63, 3.8) is 0 Å². The third-order valence-corrected chi connectivity index (χ3v) is 10.7. The summed E-state index contributed by atoms with van der Waals surface area (Å²) in [5.41, 5.74) is -1.08. The van der Waals surface area contributed by atoms with Crippen LogP contribution in [0.1, 0.15) is 143 Å². The Balaban J connectivity index is 2.19. The molecule has 1 amide bonds. The van der Waals surface area contributed by atoms with Crippen LogP contribution in [0.25, 0.3) is 0 Å². The van der Waals surface area contributed by atoms with Crippen LogP contribution in [0.4, 0.5) is 0 Å². The zero-order valence-electron chi connectivity index (χ0n) is 35.6. The number of unbranched alkanes of at least 4 members (excludes halogenated alkanes) is 9. The number of carbonyl (C=O) groups is 1. The van der Waals surface area contributed by atoms with Crippen molar-refractivity contribution < 1.29 is 28.9 Å². The lowest BCUT2D eigenvalue weighted by atomic mass is 9.74. The van der Waals surface area contributed by atoms with Crippen molar-refractivity contribution in [1.29, 1.82) is 5.26 Å². The first-order valence-electron chi connectivity index (χ1n) is 20.2. The number of nitrogens with zero attached hydrogens (tertiary/aromatic N) is 3. The van der Waals surface area contributed by atoms with Gasteiger partial charge in [0.05, 0.1) is 31.2 Å². The predicted octanol–water partition coefficient (Wildman–Crippen LogP) is 9.98. The Bertz CT molecular complexity index is 1520. The van der Waals surface area contributed by atoms with Crippen LogP contribution < -0.4 is 19.5 Å². The Hall–Kier alpha value is -4.04. The second kappa shape index (κ2) is 22.5. The SMILES string of the molecule is CCCCCCCCCCCCC(C#N)(CCCN(C)CCc1ccccc1OC(O[N+](=O)[O-])(C(C)(C)C)C(C)(C)NC(C)=O)c1ccc(OC)c(OC)c1. The largest absolute Gasteiger partial charge is 0.493 e. The van der Waals surface area contributed by atoms with E-state index in [9.17, 15) is 20.2 Å². The summed E-state index contributed by atoms with van der Waals surface area (Å²) in [4.78, 5) is 31.8. The molecule has 11 heteroatoms. The quantitative estimate of drug-likeness (QED) is 0.0408. The van der Waals surface area contributed by atoms with Crippen LogP contribution in [0.3, 0.4) is 0 Å². The standard InChI is InChI=1S/C44H70N4O7/c1-11-12-13-14-15-16-17-18-19-22-29-43(34-45,37-26-27-39(52-9)40(33-37)53-10)30-23-31-47(8)32-28-36-24-20-21-25-38(36)54-44(41(3,4)5,55-48(50)51)42(6,7)46-35(2)49/h20-21,24-27,33H,11-19,22-23,28-32H2,1-10H3,(H,46,49). The zero-order valence-corrected chi connectivity index (χ0v) is 35.6. The van der Waals surface area contributed by atoms with Gasteiger partial charge in [0, 0.05) is 18.9 Å². The lowest BCUT2D eigenvalue weighted by Crippen LogP contribution is -2.70. The fourth-order valence-electron chi connectivity index (χ4n) is 7.79. The molecule has 0 aliphatic heterocycles. The van der Waals surface area contributed by atoms with Gasteiger partial charge in [-0.05, 0) is 82.4 Å². The Morgan fingerprint density at radius 2 is 1.42 bits per heavy atom. The Morgan fingerprint density at radius 1 is 0.836 bits per heavy atom. The van der Waals surface area contributed by atoms with E-state index in [-0.39, 0.29) is 5.91 Å². The van der Waals surface area contributed by atoms with Gasteiger partial charge in [-0.1, -0.05) is 116 Å². The van der Waals surface area contributed by atoms with Gasteiger partial charge in [-0.15, -0.1) is 10.1 Å². The molecule has 0 bridgehead atoms. The average Bonchev–Trinajstić information content (AvgIpc) is 3.12. The number of ether oxygens (including phenoxy) is 3. The molecule has 0 fully saturated rings. The minimum Gasteiger partial charge on any atom is -0.493 e. The van der Waals surface area contributed by atoms with Gasteiger partial charge in [0.2, 0.25) is 5.91 Å². The van der Waals surface area contributed by atoms with Crippen molar-refractivity contribution in [1.82, 2.24) is 10.2 Å². The molecule has 0 aliphatic rings. The molecule has 308 valence electrons. The number of hydrogen-bond donors (Lipinski definition) is 1. The summed E-state index contributed by atoms with van der Waals surface area (Å²) >= 11 is 0. The van der Waals surface area contributed by atoms with E-state index in [0.29, 0.717) is 36.6 Å². The molecule has 2 unspecified atom stereocenters. The van der Waals surface area contributed by atoms with E-state index < -0.39 is 27.2 Å². The molecule has 2 aromatic carbocycles. The summed E-state index contributed by atoms with van der Waals surface area (Å²) in [6, 6.07) is 16.1. The number of nitriles is 1. The topological polar surface area (TPSA) is 136 Å². The van der Waals surface area contributed by atoms with Gasteiger partial charge in [-0.2, -0.15) is 5.26 Å². The molecule has 0 heterocycles. The summed E-state index contributed by atoms with van der Waals surface area (Å²) < 4.78 is 17.7. The summed E-state index contributed by atoms with van der Waals surface area (Å²) in [5.74, 6) is -0.515. The predicted molar refractivity (Wildman–Crippen MR) is 219 cm³/mol. The van der Waals surface area contributed by atoms with Crippen LogP contribution in [0.15, 0.2) is 42.5 Å². The smallest absolute Gasteiger partial charge is 0.298 e. The third kappa shape index (κ3) is 13.9. The molecule has 2 atom stereocenters. The van der Waals surface area contributed by atoms with E-state index in [1.165, 1.54) is 58.3 Å². The van der Waals surface area contributed by atoms with Crippen LogP contribution in [0.2, 0.25) is 0 Å². The highest BCUT2D eigenvalue weighted by molar-refractivity contribution is 5.74. The number of para-hydroxylation sites is 1. The Morgan fingerprint density at radius 3 is 1.96 bits per heavy atom. The molecule has 0 aromatic heterocycles. The first kappa shape index (κ1) is 47.1. The van der Waals surface area contributed by atoms with Crippen LogP contribution in [-0.4, -0.2) is 61.6 Å². The number of rotatable bonds is 27. The van der Waals surface area contributed by atoms with Crippen molar-refractivity contribution in [2.75, 3.05) is 34.4 Å². The lowest BCUT2D eigenvalue weighted by Gasteiger charge is -2.51. The Labute approximate surface area is 331 Å². The number of hydrogen-bond acceptors (Lipinski definition) is 9. The molecule has 0 radical (unpaired) electrons. The van der Waals surface area contributed by atoms with E-state index in [1.54, 1.807) is 54.9 Å². The molecular formula is C44H70N4O7. The fourth-order valence-corrected chi connectivity index (χ4v) is 7.79. The number of carbonyl (C=O) groups excluding carboxylic acids is 1. The van der Waals surface area contributed by atoms with Gasteiger partial charge in [-0.25, -0.2) is 0 Å². The maximum atomic E-state index is 12.2. The van der Waals surface area contributed by atoms with E-state index in [1.807, 2.05) is 36.4 Å². The number of amides is 1. The van der Waals surface area contributed by atoms with Crippen molar-refractivity contribution in [2.45, 2.75) is 155 Å². The zero-order chi connectivity index (χ0) is 41.1. The maximum absolute atomic E-state index is 12.2. The van der Waals surface area contributed by atoms with Crippen LogP contribution >= 0.6 is 0 Å². The molecule has 55 heavy (non-hydrogen) atoms. The minimum absolute atomic E-state index is 0.362. The van der Waals surface area contributed by atoms with Crippen molar-refractivity contribution in [3.8, 4) is 23.3 Å². The number of likely N-dealkylation sites (N-methyl/N-ethyl adjacent to an activating group) is 1. The fraction of sp³-hybridized carbons (Fsp3) is 0.682. The number of benzene rings is 2. The summed E-state index contributed by atoms with van der Waals surface area (Å²) in [6.07, 6.45) is 15.3. The molecule has 0 aliphatic carbocycles. The highest BCUT2D eigenvalue weighted by Crippen LogP contribution is 2.45. The van der Waals surface area contributed by atoms with Gasteiger partial charge >= 0.3 is 0 Å². The third-order valence-electron chi connectivity index (χ3n) is 10.7. The van der Waals surface area contributed by atoms with Crippen molar-refractivity contribution in [2.24, 2.45) is 5.41 Å².